The molecule has 0 amide bonds. The van der Waals surface area contributed by atoms with Crippen molar-refractivity contribution in [2.24, 2.45) is 0 Å². The SMILES string of the molecule is O=C(O)CCCCCCCCCCCCCCCCCOO. The summed E-state index contributed by atoms with van der Waals surface area (Å²) in [5.41, 5.74) is 0. The lowest BCUT2D eigenvalue weighted by molar-refractivity contribution is -0.242. The van der Waals surface area contributed by atoms with Gasteiger partial charge in [-0.05, 0) is 12.8 Å². The zero-order chi connectivity index (χ0) is 16.3. The summed E-state index contributed by atoms with van der Waals surface area (Å²) in [7, 11) is 0. The van der Waals surface area contributed by atoms with Crippen molar-refractivity contribution in [2.75, 3.05) is 6.61 Å². The summed E-state index contributed by atoms with van der Waals surface area (Å²) in [5.74, 6) is -0.667. The quantitative estimate of drug-likeness (QED) is 0.190. The highest BCUT2D eigenvalue weighted by atomic mass is 17.1. The Morgan fingerprint density at radius 2 is 0.909 bits per heavy atom. The first-order chi connectivity index (χ1) is 10.8. The summed E-state index contributed by atoms with van der Waals surface area (Å²) in [6.45, 7) is 0.472. The van der Waals surface area contributed by atoms with Crippen molar-refractivity contribution in [3.63, 3.8) is 0 Å². The topological polar surface area (TPSA) is 66.8 Å². The second-order valence-electron chi connectivity index (χ2n) is 6.28. The number of hydrogen-bond acceptors (Lipinski definition) is 3. The fraction of sp³-hybridized carbons (Fsp3) is 0.944. The third-order valence-corrected chi connectivity index (χ3v) is 4.13. The predicted octanol–water partition coefficient (Wildman–Crippen LogP) is 5.80. The van der Waals surface area contributed by atoms with Crippen molar-refractivity contribution in [2.45, 2.75) is 103 Å². The van der Waals surface area contributed by atoms with E-state index in [-0.39, 0.29) is 0 Å². The van der Waals surface area contributed by atoms with E-state index in [4.69, 9.17) is 10.4 Å². The van der Waals surface area contributed by atoms with Crippen molar-refractivity contribution in [3.8, 4) is 0 Å². The highest BCUT2D eigenvalue weighted by Gasteiger charge is 1.97. The minimum absolute atomic E-state index is 0.329. The van der Waals surface area contributed by atoms with Crippen LogP contribution in [0.25, 0.3) is 0 Å². The molecule has 0 aliphatic heterocycles. The Labute approximate surface area is 136 Å². The highest BCUT2D eigenvalue weighted by Crippen LogP contribution is 2.13. The smallest absolute Gasteiger partial charge is 0.303 e. The van der Waals surface area contributed by atoms with Gasteiger partial charge in [0.25, 0.3) is 0 Å². The van der Waals surface area contributed by atoms with E-state index in [0.717, 1.165) is 25.7 Å². The summed E-state index contributed by atoms with van der Waals surface area (Å²) in [4.78, 5) is 14.4. The molecule has 0 aliphatic carbocycles. The minimum Gasteiger partial charge on any atom is -0.481 e. The molecule has 0 bridgehead atoms. The van der Waals surface area contributed by atoms with Crippen LogP contribution in [0.3, 0.4) is 0 Å². The minimum atomic E-state index is -0.667. The Bertz CT molecular complexity index is 231. The van der Waals surface area contributed by atoms with E-state index in [2.05, 4.69) is 4.89 Å². The van der Waals surface area contributed by atoms with Crippen molar-refractivity contribution in [1.82, 2.24) is 0 Å². The molecule has 0 radical (unpaired) electrons. The van der Waals surface area contributed by atoms with Gasteiger partial charge in [-0.1, -0.05) is 83.5 Å². The normalized spacial score (nSPS) is 11.0. The van der Waals surface area contributed by atoms with Crippen LogP contribution in [0.4, 0.5) is 0 Å². The molecular weight excluding hydrogens is 280 g/mol. The lowest BCUT2D eigenvalue weighted by Crippen LogP contribution is -1.93. The molecular formula is C18H36O4. The molecule has 0 atom stereocenters. The number of carboxylic acids is 1. The average molecular weight is 316 g/mol. The van der Waals surface area contributed by atoms with Crippen molar-refractivity contribution >= 4 is 5.97 Å². The maximum Gasteiger partial charge on any atom is 0.303 e. The molecule has 0 saturated carbocycles. The second kappa shape index (κ2) is 18.4. The van der Waals surface area contributed by atoms with Crippen LogP contribution < -0.4 is 0 Å². The van der Waals surface area contributed by atoms with Crippen LogP contribution in [-0.4, -0.2) is 22.9 Å². The van der Waals surface area contributed by atoms with E-state index in [1.165, 1.54) is 70.6 Å². The lowest BCUT2D eigenvalue weighted by atomic mass is 10.0. The first-order valence-corrected chi connectivity index (χ1v) is 9.25. The van der Waals surface area contributed by atoms with Gasteiger partial charge in [0.05, 0.1) is 6.61 Å². The Kier molecular flexibility index (Phi) is 17.9. The number of rotatable bonds is 18. The van der Waals surface area contributed by atoms with Gasteiger partial charge in [-0.3, -0.25) is 10.1 Å². The molecule has 22 heavy (non-hydrogen) atoms. The third-order valence-electron chi connectivity index (χ3n) is 4.13. The zero-order valence-electron chi connectivity index (χ0n) is 14.2. The summed E-state index contributed by atoms with van der Waals surface area (Å²) in [6.07, 6.45) is 18.8. The maximum atomic E-state index is 10.3. The first kappa shape index (κ1) is 21.4. The number of unbranched alkanes of at least 4 members (excludes halogenated alkanes) is 14. The lowest BCUT2D eigenvalue weighted by Gasteiger charge is -2.03. The molecule has 0 unspecified atom stereocenters. The molecule has 0 aromatic rings. The molecule has 4 heteroatoms. The fourth-order valence-corrected chi connectivity index (χ4v) is 2.74. The molecule has 0 aromatic carbocycles. The predicted molar refractivity (Wildman–Crippen MR) is 90.1 cm³/mol. The summed E-state index contributed by atoms with van der Waals surface area (Å²) in [5, 5.41) is 16.7. The average Bonchev–Trinajstić information content (AvgIpc) is 2.50. The molecule has 0 spiro atoms. The van der Waals surface area contributed by atoms with Crippen LogP contribution in [0.2, 0.25) is 0 Å². The zero-order valence-corrected chi connectivity index (χ0v) is 14.2. The Balaban J connectivity index is 2.95. The molecule has 2 N–H and O–H groups in total. The Morgan fingerprint density at radius 1 is 0.591 bits per heavy atom. The number of hydrogen-bond donors (Lipinski definition) is 2. The van der Waals surface area contributed by atoms with Crippen LogP contribution in [-0.2, 0) is 9.68 Å². The summed E-state index contributed by atoms with van der Waals surface area (Å²) in [6, 6.07) is 0. The van der Waals surface area contributed by atoms with Crippen LogP contribution in [0, 0.1) is 0 Å². The molecule has 0 saturated heterocycles. The van der Waals surface area contributed by atoms with Gasteiger partial charge >= 0.3 is 5.97 Å². The van der Waals surface area contributed by atoms with Gasteiger partial charge in [0.1, 0.15) is 0 Å². The van der Waals surface area contributed by atoms with Crippen molar-refractivity contribution in [1.29, 1.82) is 0 Å². The Morgan fingerprint density at radius 3 is 1.23 bits per heavy atom. The maximum absolute atomic E-state index is 10.3. The van der Waals surface area contributed by atoms with Crippen molar-refractivity contribution in [3.05, 3.63) is 0 Å². The monoisotopic (exact) mass is 316 g/mol. The standard InChI is InChI=1S/C18H36O4/c19-18(20)16-14-12-10-8-6-4-2-1-3-5-7-9-11-13-15-17-22-21/h21H,1-17H2,(H,19,20). The van der Waals surface area contributed by atoms with Gasteiger partial charge in [0, 0.05) is 6.42 Å². The molecule has 0 aliphatic rings. The second-order valence-corrected chi connectivity index (χ2v) is 6.28. The van der Waals surface area contributed by atoms with Gasteiger partial charge in [-0.25, -0.2) is 4.89 Å². The molecule has 0 fully saturated rings. The van der Waals surface area contributed by atoms with Gasteiger partial charge in [-0.2, -0.15) is 0 Å². The van der Waals surface area contributed by atoms with E-state index in [0.29, 0.717) is 13.0 Å². The highest BCUT2D eigenvalue weighted by molar-refractivity contribution is 5.66. The molecule has 4 nitrogen and oxygen atoms in total. The summed E-state index contributed by atoms with van der Waals surface area (Å²) < 4.78 is 0. The van der Waals surface area contributed by atoms with Gasteiger partial charge < -0.3 is 5.11 Å². The van der Waals surface area contributed by atoms with E-state index < -0.39 is 5.97 Å². The Hall–Kier alpha value is -0.610. The molecule has 132 valence electrons. The third kappa shape index (κ3) is 19.4. The van der Waals surface area contributed by atoms with Gasteiger partial charge in [0.2, 0.25) is 0 Å². The van der Waals surface area contributed by atoms with E-state index >= 15 is 0 Å². The van der Waals surface area contributed by atoms with Gasteiger partial charge in [0.15, 0.2) is 0 Å². The molecule has 0 heterocycles. The number of aliphatic carboxylic acids is 1. The van der Waals surface area contributed by atoms with Crippen molar-refractivity contribution < 1.29 is 20.0 Å². The van der Waals surface area contributed by atoms with E-state index in [1.54, 1.807) is 0 Å². The number of carboxylic acid groups (broad SMARTS) is 1. The molecule has 0 rings (SSSR count). The van der Waals surface area contributed by atoms with Crippen LogP contribution in [0.15, 0.2) is 0 Å². The van der Waals surface area contributed by atoms with Crippen LogP contribution >= 0.6 is 0 Å². The largest absolute Gasteiger partial charge is 0.481 e. The van der Waals surface area contributed by atoms with Crippen LogP contribution in [0.1, 0.15) is 103 Å². The van der Waals surface area contributed by atoms with Crippen LogP contribution in [0.5, 0.6) is 0 Å². The van der Waals surface area contributed by atoms with Gasteiger partial charge in [-0.15, -0.1) is 0 Å². The number of carbonyl (C=O) groups is 1. The van der Waals surface area contributed by atoms with E-state index in [9.17, 15) is 4.79 Å². The first-order valence-electron chi connectivity index (χ1n) is 9.25. The van der Waals surface area contributed by atoms with E-state index in [1.807, 2.05) is 0 Å². The summed E-state index contributed by atoms with van der Waals surface area (Å²) >= 11 is 0. The molecule has 0 aromatic heterocycles. The fourth-order valence-electron chi connectivity index (χ4n) is 2.74.